The quantitative estimate of drug-likeness (QED) is 0.426. The van der Waals surface area contributed by atoms with Crippen LogP contribution in [-0.4, -0.2) is 13.0 Å². The first kappa shape index (κ1) is 12.0. The van der Waals surface area contributed by atoms with Crippen LogP contribution in [0.2, 0.25) is 0 Å². The van der Waals surface area contributed by atoms with Crippen molar-refractivity contribution >= 4 is 12.0 Å². The number of amides is 1. The van der Waals surface area contributed by atoms with Crippen LogP contribution in [0.1, 0.15) is 6.99 Å². The third-order valence-corrected chi connectivity index (χ3v) is 1.47. The van der Waals surface area contributed by atoms with E-state index in [2.05, 4.69) is 5.32 Å². The molecule has 0 spiro atoms. The third kappa shape index (κ3) is 4.57. The Morgan fingerprint density at radius 1 is 1.38 bits per heavy atom. The summed E-state index contributed by atoms with van der Waals surface area (Å²) >= 11 is 0. The monoisotopic (exact) mass is 169 g/mol. The fraction of sp³-hybridized carbons (Fsp3) is 0.100. The summed E-state index contributed by atoms with van der Waals surface area (Å²) in [5, 5.41) is 2.51. The Labute approximate surface area is 91.7 Å². The van der Waals surface area contributed by atoms with E-state index in [4.69, 9.17) is 0 Å². The summed E-state index contributed by atoms with van der Waals surface area (Å²) in [6, 6.07) is 9.70. The molecule has 2 nitrogen and oxygen atoms in total. The van der Waals surface area contributed by atoms with E-state index in [-0.39, 0.29) is 26.2 Å². The molecule has 0 aliphatic heterocycles. The predicted octanol–water partition coefficient (Wildman–Crippen LogP) is -1.44. The van der Waals surface area contributed by atoms with Gasteiger partial charge in [0, 0.05) is 13.1 Å². The minimum atomic E-state index is -0.0844. The third-order valence-electron chi connectivity index (χ3n) is 1.47. The molecule has 0 aliphatic rings. The van der Waals surface area contributed by atoms with Gasteiger partial charge in [-0.3, -0.25) is 4.79 Å². The fourth-order valence-corrected chi connectivity index (χ4v) is 0.819. The molecule has 1 N–H and O–H groups in total. The summed E-state index contributed by atoms with van der Waals surface area (Å²) in [4.78, 5) is 10.8. The van der Waals surface area contributed by atoms with Gasteiger partial charge in [-0.2, -0.15) is 0 Å². The second-order valence-corrected chi connectivity index (χ2v) is 2.36. The second-order valence-electron chi connectivity index (χ2n) is 2.36. The van der Waals surface area contributed by atoms with E-state index in [0.717, 1.165) is 5.56 Å². The Morgan fingerprint density at radius 3 is 2.54 bits per heavy atom. The molecule has 0 unspecified atom stereocenters. The van der Waals surface area contributed by atoms with E-state index in [0.29, 0.717) is 0 Å². The molecule has 1 aromatic carbocycles. The summed E-state index contributed by atoms with van der Waals surface area (Å²) in [5.74, 6) is -0.0844. The smallest absolute Gasteiger partial charge is 1.00 e. The van der Waals surface area contributed by atoms with Crippen LogP contribution in [0.4, 0.5) is 0 Å². The Balaban J connectivity index is 0. The Bertz CT molecular complexity index is 287. The van der Waals surface area contributed by atoms with Crippen molar-refractivity contribution in [1.82, 2.24) is 5.32 Å². The van der Waals surface area contributed by atoms with E-state index >= 15 is 0 Å². The summed E-state index contributed by atoms with van der Waals surface area (Å²) in [6.07, 6.45) is 3.29. The number of carbonyl (C=O) groups excluding carboxylic acids is 1. The molecular formula is C10H12LiNO. The van der Waals surface area contributed by atoms with Crippen molar-refractivity contribution in [3.63, 3.8) is 0 Å². The van der Waals surface area contributed by atoms with Gasteiger partial charge < -0.3 is 6.74 Å². The first-order chi connectivity index (χ1) is 5.83. The van der Waals surface area contributed by atoms with Crippen LogP contribution < -0.4 is 24.2 Å². The Kier molecular flexibility index (Phi) is 6.04. The number of rotatable bonds is 2. The molecule has 64 valence electrons. The summed E-state index contributed by atoms with van der Waals surface area (Å²) < 4.78 is 0. The summed E-state index contributed by atoms with van der Waals surface area (Å²) in [5.41, 5.74) is 1.03. The van der Waals surface area contributed by atoms with E-state index in [1.165, 1.54) is 6.08 Å². The maximum absolute atomic E-state index is 10.8. The number of nitrogens with one attached hydrogen (secondary N) is 1. The maximum Gasteiger partial charge on any atom is 1.00 e. The van der Waals surface area contributed by atoms with E-state index in [9.17, 15) is 4.79 Å². The van der Waals surface area contributed by atoms with Crippen LogP contribution in [0.15, 0.2) is 36.4 Å². The predicted molar refractivity (Wildman–Crippen MR) is 50.7 cm³/mol. The van der Waals surface area contributed by atoms with Gasteiger partial charge in [-0.1, -0.05) is 30.3 Å². The zero-order valence-electron chi connectivity index (χ0n) is 8.95. The Hall–Kier alpha value is -0.973. The van der Waals surface area contributed by atoms with Crippen molar-refractivity contribution in [2.75, 3.05) is 7.05 Å². The molecule has 0 atom stereocenters. The van der Waals surface area contributed by atoms with Gasteiger partial charge in [0.25, 0.3) is 0 Å². The van der Waals surface area contributed by atoms with Crippen LogP contribution in [0.5, 0.6) is 0 Å². The van der Waals surface area contributed by atoms with Gasteiger partial charge in [-0.05, 0) is 11.6 Å². The van der Waals surface area contributed by atoms with Gasteiger partial charge in [-0.15, -0.1) is 0 Å². The second kappa shape index (κ2) is 6.53. The number of benzene rings is 1. The first-order valence-corrected chi connectivity index (χ1v) is 3.78. The zero-order valence-corrected chi connectivity index (χ0v) is 7.95. The summed E-state index contributed by atoms with van der Waals surface area (Å²) in [6.45, 7) is 0. The van der Waals surface area contributed by atoms with Gasteiger partial charge in [0.05, 0.1) is 0 Å². The van der Waals surface area contributed by atoms with Gasteiger partial charge >= 0.3 is 18.9 Å². The molecule has 0 fully saturated rings. The zero-order chi connectivity index (χ0) is 8.81. The van der Waals surface area contributed by atoms with Crippen LogP contribution >= 0.6 is 0 Å². The van der Waals surface area contributed by atoms with Gasteiger partial charge in [0.15, 0.2) is 0 Å². The van der Waals surface area contributed by atoms with Crippen molar-refractivity contribution in [3.8, 4) is 0 Å². The minimum absolute atomic E-state index is 0. The minimum Gasteiger partial charge on any atom is -1.00 e. The molecule has 0 saturated carbocycles. The Morgan fingerprint density at radius 2 is 2.00 bits per heavy atom. The van der Waals surface area contributed by atoms with E-state index in [1.54, 1.807) is 13.1 Å². The standard InChI is InChI=1S/C10H11NO.Li.H/c1-11-10(12)8-7-9-5-3-2-4-6-9;;/h2-8H,1H3,(H,11,12);;/q;+1;-1/b8-7+;;. The van der Waals surface area contributed by atoms with Crippen molar-refractivity contribution in [2.45, 2.75) is 0 Å². The van der Waals surface area contributed by atoms with E-state index in [1.807, 2.05) is 30.3 Å². The number of hydrogen-bond donors (Lipinski definition) is 1. The fourth-order valence-electron chi connectivity index (χ4n) is 0.819. The SMILES string of the molecule is CNC(=O)/C=C/c1ccccc1.[H-].[Li+]. The normalized spacial score (nSPS) is 9.31. The molecular weight excluding hydrogens is 157 g/mol. The average Bonchev–Trinajstić information content (AvgIpc) is 2.16. The number of hydrogen-bond acceptors (Lipinski definition) is 1. The van der Waals surface area contributed by atoms with Crippen LogP contribution in [0.25, 0.3) is 6.08 Å². The topological polar surface area (TPSA) is 29.1 Å². The molecule has 0 radical (unpaired) electrons. The van der Waals surface area contributed by atoms with Crippen LogP contribution in [-0.2, 0) is 4.79 Å². The maximum atomic E-state index is 10.8. The van der Waals surface area contributed by atoms with Crippen molar-refractivity contribution in [1.29, 1.82) is 0 Å². The van der Waals surface area contributed by atoms with Crippen molar-refractivity contribution in [2.24, 2.45) is 0 Å². The first-order valence-electron chi connectivity index (χ1n) is 3.78. The average molecular weight is 169 g/mol. The van der Waals surface area contributed by atoms with Crippen LogP contribution in [0.3, 0.4) is 0 Å². The molecule has 1 amide bonds. The molecule has 0 saturated heterocycles. The van der Waals surface area contributed by atoms with Gasteiger partial charge in [0.1, 0.15) is 0 Å². The van der Waals surface area contributed by atoms with E-state index < -0.39 is 0 Å². The molecule has 0 heterocycles. The van der Waals surface area contributed by atoms with Crippen molar-refractivity contribution in [3.05, 3.63) is 42.0 Å². The van der Waals surface area contributed by atoms with Gasteiger partial charge in [-0.25, -0.2) is 0 Å². The van der Waals surface area contributed by atoms with Crippen LogP contribution in [0, 0.1) is 0 Å². The number of carbonyl (C=O) groups is 1. The van der Waals surface area contributed by atoms with Gasteiger partial charge in [0.2, 0.25) is 5.91 Å². The molecule has 0 aromatic heterocycles. The summed E-state index contributed by atoms with van der Waals surface area (Å²) in [7, 11) is 1.61. The molecule has 13 heavy (non-hydrogen) atoms. The molecule has 0 aliphatic carbocycles. The molecule has 1 aromatic rings. The number of likely N-dealkylation sites (N-methyl/N-ethyl adjacent to an activating group) is 1. The molecule has 0 bridgehead atoms. The molecule has 1 rings (SSSR count). The van der Waals surface area contributed by atoms with Crippen molar-refractivity contribution < 1.29 is 25.1 Å². The molecule has 3 heteroatoms. The largest absolute Gasteiger partial charge is 1.00 e.